The number of rotatable bonds is 2. The van der Waals surface area contributed by atoms with Gasteiger partial charge in [0.2, 0.25) is 0 Å². The van der Waals surface area contributed by atoms with Crippen LogP contribution in [0.5, 0.6) is 0 Å². The van der Waals surface area contributed by atoms with Gasteiger partial charge in [0.05, 0.1) is 0 Å². The predicted octanol–water partition coefficient (Wildman–Crippen LogP) is 1.72. The number of halogens is 1. The van der Waals surface area contributed by atoms with Crippen molar-refractivity contribution in [3.05, 3.63) is 64.7 Å². The number of ether oxygens (including phenoxy) is 1. The van der Waals surface area contributed by atoms with Crippen molar-refractivity contribution in [2.24, 2.45) is 10.7 Å². The minimum atomic E-state index is -0.663. The Hall–Kier alpha value is -1.94. The van der Waals surface area contributed by atoms with Crippen LogP contribution in [0.15, 0.2) is 53.5 Å². The van der Waals surface area contributed by atoms with Gasteiger partial charge in [0.1, 0.15) is 20.0 Å². The lowest BCUT2D eigenvalue weighted by atomic mass is 9.81. The van der Waals surface area contributed by atoms with E-state index in [2.05, 4.69) is 4.99 Å². The molecule has 1 unspecified atom stereocenters. The zero-order chi connectivity index (χ0) is 14.2. The zero-order valence-corrected chi connectivity index (χ0v) is 11.5. The third kappa shape index (κ3) is 2.16. The lowest BCUT2D eigenvalue weighted by Gasteiger charge is -2.25. The van der Waals surface area contributed by atoms with Gasteiger partial charge in [-0.15, -0.1) is 0 Å². The van der Waals surface area contributed by atoms with Gasteiger partial charge in [0.25, 0.3) is 6.02 Å². The first kappa shape index (κ1) is 13.1. The van der Waals surface area contributed by atoms with Gasteiger partial charge in [0.15, 0.2) is 0 Å². The highest BCUT2D eigenvalue weighted by Crippen LogP contribution is 2.37. The largest absolute Gasteiger partial charge is 0.462 e. The fourth-order valence-electron chi connectivity index (χ4n) is 2.42. The molecule has 3 nitrogen and oxygen atoms in total. The zero-order valence-electron chi connectivity index (χ0n) is 10.7. The molecule has 1 heterocycles. The van der Waals surface area contributed by atoms with E-state index in [1.54, 1.807) is 0 Å². The maximum Gasteiger partial charge on any atom is 0.283 e. The van der Waals surface area contributed by atoms with Gasteiger partial charge in [-0.05, 0) is 23.3 Å². The van der Waals surface area contributed by atoms with Crippen molar-refractivity contribution in [1.82, 2.24) is 0 Å². The summed E-state index contributed by atoms with van der Waals surface area (Å²) < 4.78 is 5.40. The molecule has 0 aromatic heterocycles. The smallest absolute Gasteiger partial charge is 0.283 e. The first-order chi connectivity index (χ1) is 9.60. The Bertz CT molecular complexity index is 672. The molecule has 0 amide bonds. The van der Waals surface area contributed by atoms with Crippen LogP contribution in [0, 0.1) is 0 Å². The number of aliphatic imine (C=N–C) groups is 1. The van der Waals surface area contributed by atoms with Crippen molar-refractivity contribution in [3.63, 3.8) is 0 Å². The lowest BCUT2D eigenvalue weighted by Crippen LogP contribution is -2.28. The standard InChI is InChI=1S/C15H12BClN2O/c16-12-3-1-2-11(8-12)15(9-20-14(18)19-15)10-4-6-13(17)7-5-10/h1-8H,9H2,(H2,18,19). The molecule has 0 saturated heterocycles. The third-order valence-corrected chi connectivity index (χ3v) is 3.67. The van der Waals surface area contributed by atoms with Crippen LogP contribution in [0.3, 0.4) is 0 Å². The summed E-state index contributed by atoms with van der Waals surface area (Å²) in [4.78, 5) is 4.50. The molecule has 5 heteroatoms. The van der Waals surface area contributed by atoms with Crippen molar-refractivity contribution in [2.45, 2.75) is 5.54 Å². The number of amidine groups is 1. The summed E-state index contributed by atoms with van der Waals surface area (Å²) in [5, 5.41) is 0.673. The molecule has 0 spiro atoms. The number of nitrogens with zero attached hydrogens (tertiary/aromatic N) is 1. The van der Waals surface area contributed by atoms with Crippen LogP contribution in [0.2, 0.25) is 5.02 Å². The second-order valence-corrected chi connectivity index (χ2v) is 5.17. The Labute approximate surface area is 123 Å². The summed E-state index contributed by atoms with van der Waals surface area (Å²) >= 11 is 5.95. The fourth-order valence-corrected chi connectivity index (χ4v) is 2.54. The molecule has 2 N–H and O–H groups in total. The average molecular weight is 283 g/mol. The Morgan fingerprint density at radius 3 is 2.50 bits per heavy atom. The molecule has 0 aliphatic carbocycles. The maximum atomic E-state index is 5.95. The van der Waals surface area contributed by atoms with Crippen molar-refractivity contribution in [2.75, 3.05) is 6.61 Å². The lowest BCUT2D eigenvalue weighted by molar-refractivity contribution is 0.278. The maximum absolute atomic E-state index is 5.95. The van der Waals surface area contributed by atoms with Crippen LogP contribution in [0.1, 0.15) is 11.1 Å². The van der Waals surface area contributed by atoms with Gasteiger partial charge in [-0.2, -0.15) is 0 Å². The summed E-state index contributed by atoms with van der Waals surface area (Å²) in [7, 11) is 5.88. The van der Waals surface area contributed by atoms with E-state index < -0.39 is 5.54 Å². The Morgan fingerprint density at radius 1 is 1.15 bits per heavy atom. The SMILES string of the molecule is [B]c1cccc(C2(c3ccc(Cl)cc3)COC(N)=N2)c1. The van der Waals surface area contributed by atoms with E-state index in [-0.39, 0.29) is 6.02 Å². The van der Waals surface area contributed by atoms with Crippen molar-refractivity contribution in [3.8, 4) is 0 Å². The summed E-state index contributed by atoms with van der Waals surface area (Å²) in [5.41, 5.74) is 7.65. The highest BCUT2D eigenvalue weighted by atomic mass is 35.5. The van der Waals surface area contributed by atoms with Crippen LogP contribution in [-0.4, -0.2) is 20.5 Å². The Morgan fingerprint density at radius 2 is 1.90 bits per heavy atom. The normalized spacial score (nSPS) is 21.4. The molecule has 2 aromatic rings. The number of benzene rings is 2. The first-order valence-corrected chi connectivity index (χ1v) is 6.58. The third-order valence-electron chi connectivity index (χ3n) is 3.42. The molecule has 2 radical (unpaired) electrons. The van der Waals surface area contributed by atoms with Crippen LogP contribution < -0.4 is 11.2 Å². The summed E-state index contributed by atoms with van der Waals surface area (Å²) in [6, 6.07) is 15.3. The number of hydrogen-bond acceptors (Lipinski definition) is 3. The van der Waals surface area contributed by atoms with E-state index in [1.165, 1.54) is 0 Å². The van der Waals surface area contributed by atoms with E-state index in [1.807, 2.05) is 48.5 Å². The minimum Gasteiger partial charge on any atom is -0.462 e. The highest BCUT2D eigenvalue weighted by Gasteiger charge is 2.39. The molecule has 1 aliphatic heterocycles. The molecular weight excluding hydrogens is 270 g/mol. The van der Waals surface area contributed by atoms with E-state index in [0.717, 1.165) is 11.1 Å². The van der Waals surface area contributed by atoms with E-state index >= 15 is 0 Å². The van der Waals surface area contributed by atoms with E-state index in [4.69, 9.17) is 29.9 Å². The van der Waals surface area contributed by atoms with Gasteiger partial charge in [-0.1, -0.05) is 53.5 Å². The molecule has 0 bridgehead atoms. The number of nitrogens with two attached hydrogens (primary N) is 1. The molecule has 2 aromatic carbocycles. The Kier molecular flexibility index (Phi) is 3.18. The number of hydrogen-bond donors (Lipinski definition) is 1. The quantitative estimate of drug-likeness (QED) is 0.853. The topological polar surface area (TPSA) is 47.6 Å². The van der Waals surface area contributed by atoms with Crippen molar-refractivity contribution < 1.29 is 4.74 Å². The van der Waals surface area contributed by atoms with Crippen LogP contribution >= 0.6 is 11.6 Å². The van der Waals surface area contributed by atoms with Gasteiger partial charge in [-0.25, -0.2) is 4.99 Å². The average Bonchev–Trinajstić information content (AvgIpc) is 2.83. The van der Waals surface area contributed by atoms with Gasteiger partial charge < -0.3 is 10.5 Å². The molecule has 0 saturated carbocycles. The fraction of sp³-hybridized carbons (Fsp3) is 0.133. The summed E-state index contributed by atoms with van der Waals surface area (Å²) in [6.45, 7) is 0.351. The molecule has 20 heavy (non-hydrogen) atoms. The molecule has 0 fully saturated rings. The van der Waals surface area contributed by atoms with Crippen molar-refractivity contribution in [1.29, 1.82) is 0 Å². The molecule has 3 rings (SSSR count). The Balaban J connectivity index is 2.18. The van der Waals surface area contributed by atoms with Crippen molar-refractivity contribution >= 4 is 30.9 Å². The first-order valence-electron chi connectivity index (χ1n) is 6.20. The molecule has 1 aliphatic rings. The van der Waals surface area contributed by atoms with Crippen LogP contribution in [-0.2, 0) is 10.3 Å². The van der Waals surface area contributed by atoms with Gasteiger partial charge in [-0.3, -0.25) is 0 Å². The minimum absolute atomic E-state index is 0.183. The summed E-state index contributed by atoms with van der Waals surface area (Å²) in [5.74, 6) is 0. The van der Waals surface area contributed by atoms with E-state index in [0.29, 0.717) is 17.1 Å². The second kappa shape index (κ2) is 4.87. The van der Waals surface area contributed by atoms with Gasteiger partial charge in [0, 0.05) is 5.02 Å². The highest BCUT2D eigenvalue weighted by molar-refractivity contribution is 6.32. The summed E-state index contributed by atoms with van der Waals surface area (Å²) in [6.07, 6.45) is 0. The molecular formula is C15H12BClN2O. The molecule has 98 valence electrons. The monoisotopic (exact) mass is 282 g/mol. The van der Waals surface area contributed by atoms with Crippen LogP contribution in [0.25, 0.3) is 0 Å². The van der Waals surface area contributed by atoms with Crippen LogP contribution in [0.4, 0.5) is 0 Å². The van der Waals surface area contributed by atoms with Gasteiger partial charge >= 0.3 is 0 Å². The molecule has 1 atom stereocenters. The predicted molar refractivity (Wildman–Crippen MR) is 81.6 cm³/mol. The second-order valence-electron chi connectivity index (χ2n) is 4.73. The van der Waals surface area contributed by atoms with E-state index in [9.17, 15) is 0 Å².